The highest BCUT2D eigenvalue weighted by atomic mass is 79.9. The van der Waals surface area contributed by atoms with Gasteiger partial charge in [0.1, 0.15) is 5.75 Å². The fourth-order valence-electron chi connectivity index (χ4n) is 1.79. The SMILES string of the molecule is O=C(Cl)c1ccc(OCCCOCCCCCCBr)cc1. The second kappa shape index (κ2) is 12.0. The van der Waals surface area contributed by atoms with Gasteiger partial charge in [0.25, 0.3) is 5.24 Å². The molecule has 0 aliphatic heterocycles. The maximum Gasteiger partial charge on any atom is 0.252 e. The maximum absolute atomic E-state index is 10.9. The van der Waals surface area contributed by atoms with Gasteiger partial charge in [-0.05, 0) is 48.7 Å². The highest BCUT2D eigenvalue weighted by molar-refractivity contribution is 9.09. The van der Waals surface area contributed by atoms with Gasteiger partial charge in [-0.1, -0.05) is 28.8 Å². The molecule has 5 heteroatoms. The Morgan fingerprint density at radius 3 is 2.29 bits per heavy atom. The molecule has 1 aromatic carbocycles. The standard InChI is InChI=1S/C16H22BrClO3/c17-10-3-1-2-4-11-20-12-5-13-21-15-8-6-14(7-9-15)16(18)19/h6-9H,1-5,10-13H2. The van der Waals surface area contributed by atoms with Crippen LogP contribution in [0.5, 0.6) is 5.75 Å². The minimum absolute atomic E-state index is 0.453. The van der Waals surface area contributed by atoms with E-state index in [1.54, 1.807) is 24.3 Å². The van der Waals surface area contributed by atoms with Crippen molar-refractivity contribution in [2.24, 2.45) is 0 Å². The molecule has 0 aliphatic rings. The topological polar surface area (TPSA) is 35.5 Å². The Morgan fingerprint density at radius 2 is 1.62 bits per heavy atom. The third-order valence-electron chi connectivity index (χ3n) is 2.96. The average Bonchev–Trinajstić information content (AvgIpc) is 2.49. The van der Waals surface area contributed by atoms with Gasteiger partial charge in [-0.15, -0.1) is 0 Å². The monoisotopic (exact) mass is 376 g/mol. The van der Waals surface area contributed by atoms with Gasteiger partial charge in [0.2, 0.25) is 0 Å². The van der Waals surface area contributed by atoms with E-state index < -0.39 is 5.24 Å². The van der Waals surface area contributed by atoms with Crippen molar-refractivity contribution in [1.82, 2.24) is 0 Å². The number of carbonyl (C=O) groups is 1. The summed E-state index contributed by atoms with van der Waals surface area (Å²) in [5.74, 6) is 0.742. The lowest BCUT2D eigenvalue weighted by molar-refractivity contribution is 0.108. The molecule has 0 aliphatic carbocycles. The summed E-state index contributed by atoms with van der Waals surface area (Å²) < 4.78 is 11.1. The number of halogens is 2. The Balaban J connectivity index is 1.98. The van der Waals surface area contributed by atoms with Crippen molar-refractivity contribution in [3.05, 3.63) is 29.8 Å². The fourth-order valence-corrected chi connectivity index (χ4v) is 2.31. The lowest BCUT2D eigenvalue weighted by atomic mass is 10.2. The van der Waals surface area contributed by atoms with Crippen molar-refractivity contribution in [3.8, 4) is 5.75 Å². The molecule has 0 fully saturated rings. The summed E-state index contributed by atoms with van der Waals surface area (Å²) in [6.45, 7) is 2.16. The van der Waals surface area contributed by atoms with Gasteiger partial charge < -0.3 is 9.47 Å². The van der Waals surface area contributed by atoms with E-state index in [0.29, 0.717) is 12.2 Å². The molecule has 0 amide bonds. The number of hydrogen-bond donors (Lipinski definition) is 0. The molecule has 21 heavy (non-hydrogen) atoms. The van der Waals surface area contributed by atoms with Crippen LogP contribution in [0.2, 0.25) is 0 Å². The van der Waals surface area contributed by atoms with Crippen LogP contribution in [0.1, 0.15) is 42.5 Å². The molecule has 0 bridgehead atoms. The molecule has 1 aromatic rings. The van der Waals surface area contributed by atoms with E-state index >= 15 is 0 Å². The second-order valence-electron chi connectivity index (χ2n) is 4.72. The largest absolute Gasteiger partial charge is 0.494 e. The molecular weight excluding hydrogens is 356 g/mol. The van der Waals surface area contributed by atoms with Crippen LogP contribution >= 0.6 is 27.5 Å². The molecule has 0 unspecified atom stereocenters. The van der Waals surface area contributed by atoms with Crippen molar-refractivity contribution >= 4 is 32.8 Å². The first-order valence-electron chi connectivity index (χ1n) is 7.30. The van der Waals surface area contributed by atoms with Gasteiger partial charge in [-0.25, -0.2) is 0 Å². The molecule has 0 N–H and O–H groups in total. The van der Waals surface area contributed by atoms with Crippen LogP contribution in [-0.4, -0.2) is 30.4 Å². The number of alkyl halides is 1. The van der Waals surface area contributed by atoms with Crippen LogP contribution in [-0.2, 0) is 4.74 Å². The minimum atomic E-state index is -0.453. The van der Waals surface area contributed by atoms with Crippen LogP contribution in [0.25, 0.3) is 0 Å². The molecule has 0 aromatic heterocycles. The van der Waals surface area contributed by atoms with E-state index in [2.05, 4.69) is 15.9 Å². The molecule has 0 radical (unpaired) electrons. The summed E-state index contributed by atoms with van der Waals surface area (Å²) >= 11 is 8.79. The van der Waals surface area contributed by atoms with Gasteiger partial charge in [0, 0.05) is 30.5 Å². The quantitative estimate of drug-likeness (QED) is 0.298. The molecule has 0 atom stereocenters. The van der Waals surface area contributed by atoms with Gasteiger partial charge in [0.05, 0.1) is 6.61 Å². The van der Waals surface area contributed by atoms with Crippen LogP contribution in [0.15, 0.2) is 24.3 Å². The van der Waals surface area contributed by atoms with E-state index in [0.717, 1.165) is 37.1 Å². The normalized spacial score (nSPS) is 10.6. The summed E-state index contributed by atoms with van der Waals surface area (Å²) in [7, 11) is 0. The minimum Gasteiger partial charge on any atom is -0.494 e. The average molecular weight is 378 g/mol. The first-order chi connectivity index (χ1) is 10.2. The summed E-state index contributed by atoms with van der Waals surface area (Å²) in [6.07, 6.45) is 5.72. The smallest absolute Gasteiger partial charge is 0.252 e. The van der Waals surface area contributed by atoms with Crippen LogP contribution in [0.3, 0.4) is 0 Å². The molecular formula is C16H22BrClO3. The Morgan fingerprint density at radius 1 is 0.952 bits per heavy atom. The molecule has 0 heterocycles. The van der Waals surface area contributed by atoms with Gasteiger partial charge in [-0.2, -0.15) is 0 Å². The third kappa shape index (κ3) is 9.12. The molecule has 3 nitrogen and oxygen atoms in total. The zero-order chi connectivity index (χ0) is 15.3. The second-order valence-corrected chi connectivity index (χ2v) is 5.85. The van der Waals surface area contributed by atoms with E-state index in [9.17, 15) is 4.79 Å². The van der Waals surface area contributed by atoms with Crippen LogP contribution < -0.4 is 4.74 Å². The van der Waals surface area contributed by atoms with E-state index in [4.69, 9.17) is 21.1 Å². The van der Waals surface area contributed by atoms with Crippen LogP contribution in [0, 0.1) is 0 Å². The zero-order valence-corrected chi connectivity index (χ0v) is 14.5. The van der Waals surface area contributed by atoms with Crippen molar-refractivity contribution in [1.29, 1.82) is 0 Å². The van der Waals surface area contributed by atoms with Crippen molar-refractivity contribution in [2.75, 3.05) is 25.2 Å². The van der Waals surface area contributed by atoms with Crippen molar-refractivity contribution in [3.63, 3.8) is 0 Å². The Bertz CT molecular complexity index is 395. The predicted molar refractivity (Wildman–Crippen MR) is 89.8 cm³/mol. The van der Waals surface area contributed by atoms with E-state index in [-0.39, 0.29) is 0 Å². The Labute approximate surface area is 140 Å². The number of benzene rings is 1. The van der Waals surface area contributed by atoms with Gasteiger partial charge in [0.15, 0.2) is 0 Å². The highest BCUT2D eigenvalue weighted by Crippen LogP contribution is 2.13. The Kier molecular flexibility index (Phi) is 10.6. The predicted octanol–water partition coefficient (Wildman–Crippen LogP) is 4.81. The zero-order valence-electron chi connectivity index (χ0n) is 12.2. The van der Waals surface area contributed by atoms with Gasteiger partial charge in [-0.3, -0.25) is 4.79 Å². The number of hydrogen-bond acceptors (Lipinski definition) is 3. The summed E-state index contributed by atoms with van der Waals surface area (Å²) in [4.78, 5) is 10.9. The molecule has 1 rings (SSSR count). The molecule has 118 valence electrons. The molecule has 0 saturated carbocycles. The number of rotatable bonds is 12. The maximum atomic E-state index is 10.9. The Hall–Kier alpha value is -0.580. The fraction of sp³-hybridized carbons (Fsp3) is 0.562. The van der Waals surface area contributed by atoms with Crippen molar-refractivity contribution < 1.29 is 14.3 Å². The molecule has 0 saturated heterocycles. The summed E-state index contributed by atoms with van der Waals surface area (Å²) in [6, 6.07) is 6.82. The number of carbonyl (C=O) groups excluding carboxylic acids is 1. The number of ether oxygens (including phenoxy) is 2. The molecule has 0 spiro atoms. The van der Waals surface area contributed by atoms with E-state index in [1.807, 2.05) is 0 Å². The summed E-state index contributed by atoms with van der Waals surface area (Å²) in [5.41, 5.74) is 0.479. The first-order valence-corrected chi connectivity index (χ1v) is 8.80. The van der Waals surface area contributed by atoms with Crippen molar-refractivity contribution in [2.45, 2.75) is 32.1 Å². The number of unbranched alkanes of at least 4 members (excludes halogenated alkanes) is 3. The summed E-state index contributed by atoms with van der Waals surface area (Å²) in [5, 5.41) is 0.636. The van der Waals surface area contributed by atoms with Crippen LogP contribution in [0.4, 0.5) is 0 Å². The lowest BCUT2D eigenvalue weighted by Gasteiger charge is -2.07. The lowest BCUT2D eigenvalue weighted by Crippen LogP contribution is -2.04. The first kappa shape index (κ1) is 18.5. The van der Waals surface area contributed by atoms with E-state index in [1.165, 1.54) is 19.3 Å². The highest BCUT2D eigenvalue weighted by Gasteiger charge is 2.01. The van der Waals surface area contributed by atoms with Gasteiger partial charge >= 0.3 is 0 Å². The third-order valence-corrected chi connectivity index (χ3v) is 3.73.